The highest BCUT2D eigenvalue weighted by atomic mass is 32.1. The molecule has 0 saturated heterocycles. The summed E-state index contributed by atoms with van der Waals surface area (Å²) in [7, 11) is 0. The molecule has 7 nitrogen and oxygen atoms in total. The quantitative estimate of drug-likeness (QED) is 0.332. The summed E-state index contributed by atoms with van der Waals surface area (Å²) >= 11 is 1.48. The van der Waals surface area contributed by atoms with Gasteiger partial charge in [-0.3, -0.25) is 14.2 Å². The zero-order valence-corrected chi connectivity index (χ0v) is 19.5. The van der Waals surface area contributed by atoms with Crippen LogP contribution >= 0.6 is 11.3 Å². The molecule has 33 heavy (non-hydrogen) atoms. The molecule has 0 aliphatic carbocycles. The summed E-state index contributed by atoms with van der Waals surface area (Å²) in [5.41, 5.74) is 6.27. The van der Waals surface area contributed by atoms with Gasteiger partial charge in [0.1, 0.15) is 23.7 Å². The maximum atomic E-state index is 12.7. The lowest BCUT2D eigenvalue weighted by Gasteiger charge is -2.07. The average molecular weight is 461 g/mol. The van der Waals surface area contributed by atoms with Gasteiger partial charge >= 0.3 is 0 Å². The van der Waals surface area contributed by atoms with Crippen LogP contribution in [0.3, 0.4) is 0 Å². The van der Waals surface area contributed by atoms with Crippen LogP contribution in [0.25, 0.3) is 10.2 Å². The van der Waals surface area contributed by atoms with Crippen LogP contribution in [-0.2, 0) is 17.9 Å². The Morgan fingerprint density at radius 1 is 1.12 bits per heavy atom. The third kappa shape index (κ3) is 5.35. The van der Waals surface area contributed by atoms with Gasteiger partial charge in [0.25, 0.3) is 11.5 Å². The summed E-state index contributed by atoms with van der Waals surface area (Å²) in [5.74, 6) is 0.343. The van der Waals surface area contributed by atoms with Crippen molar-refractivity contribution in [2.45, 2.75) is 33.9 Å². The molecule has 0 aliphatic heterocycles. The number of carbonyl (C=O) groups excluding carboxylic acids is 1. The number of hydrogen-bond acceptors (Lipinski definition) is 6. The van der Waals surface area contributed by atoms with Crippen molar-refractivity contribution in [3.63, 3.8) is 0 Å². The topological polar surface area (TPSA) is 85.6 Å². The van der Waals surface area contributed by atoms with E-state index in [-0.39, 0.29) is 12.1 Å². The van der Waals surface area contributed by atoms with E-state index in [9.17, 15) is 9.59 Å². The lowest BCUT2D eigenvalue weighted by molar-refractivity contribution is -0.121. The van der Waals surface area contributed by atoms with Gasteiger partial charge in [0.15, 0.2) is 0 Å². The van der Waals surface area contributed by atoms with Crippen LogP contribution in [0.5, 0.6) is 5.75 Å². The normalized spacial score (nSPS) is 11.2. The maximum Gasteiger partial charge on any atom is 0.262 e. The second kappa shape index (κ2) is 9.79. The molecular formula is C25H24N4O3S. The van der Waals surface area contributed by atoms with E-state index in [0.717, 1.165) is 27.3 Å². The number of aryl methyl sites for hydroxylation is 3. The lowest BCUT2D eigenvalue weighted by Crippen LogP contribution is -2.30. The van der Waals surface area contributed by atoms with Crippen LogP contribution in [0, 0.1) is 20.8 Å². The van der Waals surface area contributed by atoms with Crippen LogP contribution in [0.4, 0.5) is 0 Å². The number of benzene rings is 2. The second-order valence-corrected chi connectivity index (χ2v) is 8.98. The smallest absolute Gasteiger partial charge is 0.262 e. The Kier molecular flexibility index (Phi) is 6.65. The third-order valence-electron chi connectivity index (χ3n) is 5.28. The number of aromatic nitrogens is 2. The summed E-state index contributed by atoms with van der Waals surface area (Å²) < 4.78 is 7.09. The molecule has 0 radical (unpaired) electrons. The Labute approximate surface area is 195 Å². The van der Waals surface area contributed by atoms with Crippen molar-refractivity contribution < 1.29 is 9.53 Å². The molecule has 2 aromatic heterocycles. The molecule has 168 valence electrons. The van der Waals surface area contributed by atoms with Gasteiger partial charge < -0.3 is 4.74 Å². The van der Waals surface area contributed by atoms with E-state index < -0.39 is 5.91 Å². The van der Waals surface area contributed by atoms with Crippen molar-refractivity contribution in [2.75, 3.05) is 0 Å². The minimum absolute atomic E-state index is 0.154. The van der Waals surface area contributed by atoms with E-state index in [4.69, 9.17) is 4.74 Å². The van der Waals surface area contributed by atoms with E-state index in [1.54, 1.807) is 0 Å². The minimum Gasteiger partial charge on any atom is -0.489 e. The Morgan fingerprint density at radius 3 is 2.58 bits per heavy atom. The van der Waals surface area contributed by atoms with Crippen LogP contribution in [0.2, 0.25) is 0 Å². The van der Waals surface area contributed by atoms with Gasteiger partial charge in [-0.15, -0.1) is 11.3 Å². The third-order valence-corrected chi connectivity index (χ3v) is 6.39. The van der Waals surface area contributed by atoms with Gasteiger partial charge in [-0.05, 0) is 61.7 Å². The van der Waals surface area contributed by atoms with Crippen LogP contribution < -0.4 is 15.7 Å². The first-order valence-electron chi connectivity index (χ1n) is 10.5. The Bertz CT molecular complexity index is 1370. The van der Waals surface area contributed by atoms with Gasteiger partial charge in [0.05, 0.1) is 17.9 Å². The second-order valence-electron chi connectivity index (χ2n) is 7.78. The number of nitrogens with one attached hydrogen (secondary N) is 1. The molecular weight excluding hydrogens is 436 g/mol. The number of rotatable bonds is 7. The van der Waals surface area contributed by atoms with Crippen molar-refractivity contribution in [1.82, 2.24) is 15.0 Å². The zero-order chi connectivity index (χ0) is 23.4. The highest BCUT2D eigenvalue weighted by molar-refractivity contribution is 7.18. The molecule has 1 N–H and O–H groups in total. The van der Waals surface area contributed by atoms with E-state index in [1.165, 1.54) is 34.0 Å². The molecule has 0 unspecified atom stereocenters. The number of carbonyl (C=O) groups is 1. The lowest BCUT2D eigenvalue weighted by atomic mass is 10.2. The monoisotopic (exact) mass is 460 g/mol. The van der Waals surface area contributed by atoms with Crippen molar-refractivity contribution in [1.29, 1.82) is 0 Å². The highest BCUT2D eigenvalue weighted by Gasteiger charge is 2.13. The summed E-state index contributed by atoms with van der Waals surface area (Å²) in [5, 5.41) is 4.55. The summed E-state index contributed by atoms with van der Waals surface area (Å²) in [6.07, 6.45) is 2.94. The van der Waals surface area contributed by atoms with Crippen molar-refractivity contribution in [3.05, 3.63) is 92.3 Å². The molecule has 0 bridgehead atoms. The molecule has 2 heterocycles. The predicted octanol–water partition coefficient (Wildman–Crippen LogP) is 4.11. The van der Waals surface area contributed by atoms with Gasteiger partial charge in [-0.2, -0.15) is 5.10 Å². The van der Waals surface area contributed by atoms with Crippen LogP contribution in [0.1, 0.15) is 27.1 Å². The Balaban J connectivity index is 1.31. The largest absolute Gasteiger partial charge is 0.489 e. The van der Waals surface area contributed by atoms with E-state index in [2.05, 4.69) is 34.6 Å². The molecule has 0 spiro atoms. The summed E-state index contributed by atoms with van der Waals surface area (Å²) in [4.78, 5) is 31.0. The molecule has 0 aliphatic rings. The molecule has 8 heteroatoms. The molecule has 0 fully saturated rings. The first kappa shape index (κ1) is 22.4. The molecule has 0 atom stereocenters. The molecule has 4 aromatic rings. The van der Waals surface area contributed by atoms with Gasteiger partial charge in [-0.1, -0.05) is 29.8 Å². The number of nitrogens with zero attached hydrogens (tertiary/aromatic N) is 3. The van der Waals surface area contributed by atoms with Gasteiger partial charge in [0.2, 0.25) is 0 Å². The van der Waals surface area contributed by atoms with Crippen molar-refractivity contribution in [3.8, 4) is 5.75 Å². The maximum absolute atomic E-state index is 12.7. The minimum atomic E-state index is -0.405. The molecule has 2 aromatic carbocycles. The van der Waals surface area contributed by atoms with E-state index in [1.807, 2.05) is 50.2 Å². The number of thiophene rings is 1. The summed E-state index contributed by atoms with van der Waals surface area (Å²) in [6, 6.07) is 15.6. The SMILES string of the molecule is Cc1ccc(COc2ccc(/C=N\NC(=O)Cn3cnc4sc(C)c(C)c4c3=O)cc2)cc1. The molecule has 4 rings (SSSR count). The number of ether oxygens (including phenoxy) is 1. The first-order valence-corrected chi connectivity index (χ1v) is 11.3. The van der Waals surface area contributed by atoms with Crippen LogP contribution in [0.15, 0.2) is 64.8 Å². The fourth-order valence-electron chi connectivity index (χ4n) is 3.25. The Hall–Kier alpha value is -3.78. The van der Waals surface area contributed by atoms with Crippen LogP contribution in [-0.4, -0.2) is 21.7 Å². The number of amides is 1. The van der Waals surface area contributed by atoms with E-state index >= 15 is 0 Å². The average Bonchev–Trinajstić information content (AvgIpc) is 3.10. The summed E-state index contributed by atoms with van der Waals surface area (Å²) in [6.45, 7) is 6.24. The molecule has 1 amide bonds. The van der Waals surface area contributed by atoms with Gasteiger partial charge in [-0.25, -0.2) is 10.4 Å². The van der Waals surface area contributed by atoms with E-state index in [0.29, 0.717) is 16.8 Å². The van der Waals surface area contributed by atoms with Gasteiger partial charge in [0, 0.05) is 4.88 Å². The van der Waals surface area contributed by atoms with Crippen molar-refractivity contribution in [2.24, 2.45) is 5.10 Å². The Morgan fingerprint density at radius 2 is 1.85 bits per heavy atom. The number of hydrogen-bond donors (Lipinski definition) is 1. The van der Waals surface area contributed by atoms with Crippen molar-refractivity contribution >= 4 is 33.7 Å². The first-order chi connectivity index (χ1) is 15.9. The fraction of sp³-hybridized carbons (Fsp3) is 0.200. The zero-order valence-electron chi connectivity index (χ0n) is 18.7. The standard InChI is InChI=1S/C25H24N4O3S/c1-16-4-6-20(7-5-16)14-32-21-10-8-19(9-11-21)12-27-28-22(30)13-29-15-26-24-23(25(29)31)17(2)18(3)33-24/h4-12,15H,13-14H2,1-3H3,(H,28,30)/b27-12-. The predicted molar refractivity (Wildman–Crippen MR) is 131 cm³/mol. The fourth-order valence-corrected chi connectivity index (χ4v) is 4.24. The highest BCUT2D eigenvalue weighted by Crippen LogP contribution is 2.25. The molecule has 0 saturated carbocycles. The number of hydrazone groups is 1. The number of fused-ring (bicyclic) bond motifs is 1.